The Morgan fingerprint density at radius 3 is 1.02 bits per heavy atom. The van der Waals surface area contributed by atoms with Crippen molar-refractivity contribution in [1.82, 2.24) is 0 Å². The normalized spacial score (nSPS) is 12.3. The fourth-order valence-corrected chi connectivity index (χ4v) is 6.88. The summed E-state index contributed by atoms with van der Waals surface area (Å²) in [5, 5.41) is 0. The van der Waals surface area contributed by atoms with E-state index < -0.39 is 6.10 Å². The molecule has 0 N–H and O–H groups in total. The lowest BCUT2D eigenvalue weighted by atomic mass is 10.1. The molecule has 0 bridgehead atoms. The van der Waals surface area contributed by atoms with Gasteiger partial charge in [0.1, 0.15) is 13.2 Å². The van der Waals surface area contributed by atoms with Gasteiger partial charge in [0.15, 0.2) is 6.10 Å². The summed E-state index contributed by atoms with van der Waals surface area (Å²) in [6.07, 6.45) is 52.7. The molecule has 332 valence electrons. The lowest BCUT2D eigenvalue weighted by molar-refractivity contribution is -0.167. The lowest BCUT2D eigenvalue weighted by Gasteiger charge is -2.18. The van der Waals surface area contributed by atoms with Crippen LogP contribution in [0.25, 0.3) is 0 Å². The summed E-state index contributed by atoms with van der Waals surface area (Å²) in [5.74, 6) is -0.898. The van der Waals surface area contributed by atoms with Crippen molar-refractivity contribution in [2.24, 2.45) is 0 Å². The number of esters is 3. The Morgan fingerprint density at radius 1 is 0.351 bits per heavy atom. The van der Waals surface area contributed by atoms with E-state index in [0.29, 0.717) is 19.3 Å². The molecule has 57 heavy (non-hydrogen) atoms. The molecule has 0 aromatic rings. The smallest absolute Gasteiger partial charge is 0.306 e. The van der Waals surface area contributed by atoms with Crippen LogP contribution in [0.5, 0.6) is 0 Å². The van der Waals surface area contributed by atoms with Crippen LogP contribution in [0.2, 0.25) is 0 Å². The van der Waals surface area contributed by atoms with Crippen LogP contribution in [-0.4, -0.2) is 37.2 Å². The van der Waals surface area contributed by atoms with E-state index in [4.69, 9.17) is 14.2 Å². The van der Waals surface area contributed by atoms with Gasteiger partial charge in [0.25, 0.3) is 0 Å². The third kappa shape index (κ3) is 44.6. The van der Waals surface area contributed by atoms with Crippen LogP contribution in [0.15, 0.2) is 36.5 Å². The average Bonchev–Trinajstić information content (AvgIpc) is 3.21. The third-order valence-corrected chi connectivity index (χ3v) is 10.6. The standard InChI is InChI=1S/C51H92O6/c1-4-7-10-13-16-19-21-23-25-27-29-32-35-38-41-44-50(53)56-47-48(46-55-49(52)43-40-37-34-31-18-15-12-9-6-3)57-51(54)45-42-39-36-33-30-28-26-24-22-20-17-14-11-8-5-2/h16,19,23-26,48H,4-15,17-18,20-22,27-47H2,1-3H3/b19-16-,25-23-,26-24-/t48-/m1/s1. The minimum absolute atomic E-state index is 0.0780. The molecular formula is C51H92O6. The maximum Gasteiger partial charge on any atom is 0.306 e. The van der Waals surface area contributed by atoms with Gasteiger partial charge in [0.05, 0.1) is 0 Å². The molecule has 0 aromatic heterocycles. The molecule has 0 saturated carbocycles. The van der Waals surface area contributed by atoms with Gasteiger partial charge in [-0.15, -0.1) is 0 Å². The second kappa shape index (κ2) is 46.3. The van der Waals surface area contributed by atoms with Gasteiger partial charge in [0.2, 0.25) is 0 Å². The van der Waals surface area contributed by atoms with Gasteiger partial charge in [-0.25, -0.2) is 0 Å². The zero-order valence-electron chi connectivity index (χ0n) is 37.9. The number of hydrogen-bond donors (Lipinski definition) is 0. The van der Waals surface area contributed by atoms with E-state index in [1.54, 1.807) is 0 Å². The molecule has 1 atom stereocenters. The van der Waals surface area contributed by atoms with Crippen LogP contribution in [0.1, 0.15) is 252 Å². The second-order valence-electron chi connectivity index (χ2n) is 16.4. The maximum absolute atomic E-state index is 12.7. The van der Waals surface area contributed by atoms with Gasteiger partial charge in [0, 0.05) is 19.3 Å². The molecule has 0 aliphatic heterocycles. The third-order valence-electron chi connectivity index (χ3n) is 10.6. The Kier molecular flexibility index (Phi) is 44.4. The first-order valence-corrected chi connectivity index (χ1v) is 24.5. The number of allylic oxidation sites excluding steroid dienone is 6. The Balaban J connectivity index is 4.36. The van der Waals surface area contributed by atoms with Crippen LogP contribution >= 0.6 is 0 Å². The maximum atomic E-state index is 12.7. The SMILES string of the molecule is CCCCC/C=C\C/C=C\CCCCCCCC(=O)OC[C@@H](COC(=O)CCCCCCCCCCC)OC(=O)CCCCCCC/C=C\CCCCCCCC. The highest BCUT2D eigenvalue weighted by atomic mass is 16.6. The van der Waals surface area contributed by atoms with Crippen molar-refractivity contribution < 1.29 is 28.6 Å². The lowest BCUT2D eigenvalue weighted by Crippen LogP contribution is -2.30. The second-order valence-corrected chi connectivity index (χ2v) is 16.4. The van der Waals surface area contributed by atoms with Crippen molar-refractivity contribution in [2.75, 3.05) is 13.2 Å². The Labute approximate surface area is 353 Å². The number of hydrogen-bond acceptors (Lipinski definition) is 6. The molecule has 0 unspecified atom stereocenters. The first kappa shape index (κ1) is 54.6. The Morgan fingerprint density at radius 2 is 0.632 bits per heavy atom. The molecule has 0 spiro atoms. The predicted octanol–water partition coefficient (Wildman–Crippen LogP) is 15.8. The van der Waals surface area contributed by atoms with Crippen molar-refractivity contribution in [1.29, 1.82) is 0 Å². The van der Waals surface area contributed by atoms with Crippen molar-refractivity contribution >= 4 is 17.9 Å². The number of carbonyl (C=O) groups excluding carboxylic acids is 3. The van der Waals surface area contributed by atoms with Crippen LogP contribution < -0.4 is 0 Å². The number of ether oxygens (including phenoxy) is 3. The molecule has 0 aliphatic carbocycles. The van der Waals surface area contributed by atoms with Crippen LogP contribution in [0.4, 0.5) is 0 Å². The van der Waals surface area contributed by atoms with E-state index in [1.807, 2.05) is 0 Å². The molecule has 0 heterocycles. The van der Waals surface area contributed by atoms with Crippen molar-refractivity contribution in [3.8, 4) is 0 Å². The average molecular weight is 801 g/mol. The molecule has 0 amide bonds. The predicted molar refractivity (Wildman–Crippen MR) is 242 cm³/mol. The van der Waals surface area contributed by atoms with Gasteiger partial charge < -0.3 is 14.2 Å². The molecule has 6 heteroatoms. The Hall–Kier alpha value is -2.37. The van der Waals surface area contributed by atoms with Crippen molar-refractivity contribution in [3.05, 3.63) is 36.5 Å². The Bertz CT molecular complexity index is 969. The highest BCUT2D eigenvalue weighted by Gasteiger charge is 2.19. The van der Waals surface area contributed by atoms with Crippen LogP contribution in [-0.2, 0) is 28.6 Å². The molecule has 0 rings (SSSR count). The summed E-state index contributed by atoms with van der Waals surface area (Å²) in [4.78, 5) is 37.8. The summed E-state index contributed by atoms with van der Waals surface area (Å²) >= 11 is 0. The minimum Gasteiger partial charge on any atom is -0.462 e. The fraction of sp³-hybridized carbons (Fsp3) is 0.824. The molecule has 0 radical (unpaired) electrons. The van der Waals surface area contributed by atoms with E-state index in [1.165, 1.54) is 128 Å². The zero-order valence-corrected chi connectivity index (χ0v) is 37.9. The van der Waals surface area contributed by atoms with Crippen molar-refractivity contribution in [3.63, 3.8) is 0 Å². The summed E-state index contributed by atoms with van der Waals surface area (Å²) in [7, 11) is 0. The first-order chi connectivity index (χ1) is 28.0. The van der Waals surface area contributed by atoms with Gasteiger partial charge >= 0.3 is 17.9 Å². The molecule has 0 saturated heterocycles. The highest BCUT2D eigenvalue weighted by Crippen LogP contribution is 2.14. The van der Waals surface area contributed by atoms with Gasteiger partial charge in [-0.1, -0.05) is 192 Å². The summed E-state index contributed by atoms with van der Waals surface area (Å²) in [6.45, 7) is 6.57. The molecular weight excluding hydrogens is 709 g/mol. The van der Waals surface area contributed by atoms with Crippen molar-refractivity contribution in [2.45, 2.75) is 258 Å². The van der Waals surface area contributed by atoms with E-state index in [9.17, 15) is 14.4 Å². The van der Waals surface area contributed by atoms with E-state index in [0.717, 1.165) is 83.5 Å². The van der Waals surface area contributed by atoms with E-state index in [2.05, 4.69) is 57.2 Å². The first-order valence-electron chi connectivity index (χ1n) is 24.5. The molecule has 0 aliphatic rings. The fourth-order valence-electron chi connectivity index (χ4n) is 6.88. The molecule has 0 aromatic carbocycles. The topological polar surface area (TPSA) is 78.9 Å². The van der Waals surface area contributed by atoms with Gasteiger partial charge in [-0.05, 0) is 77.0 Å². The summed E-state index contributed by atoms with van der Waals surface area (Å²) in [5.41, 5.74) is 0. The zero-order chi connectivity index (χ0) is 41.5. The largest absolute Gasteiger partial charge is 0.462 e. The quantitative estimate of drug-likeness (QED) is 0.0264. The van der Waals surface area contributed by atoms with Gasteiger partial charge in [-0.3, -0.25) is 14.4 Å². The monoisotopic (exact) mass is 801 g/mol. The number of rotatable bonds is 44. The number of carbonyl (C=O) groups is 3. The molecule has 0 fully saturated rings. The van der Waals surface area contributed by atoms with Crippen LogP contribution in [0, 0.1) is 0 Å². The number of unbranched alkanes of at least 4 members (excludes halogenated alkanes) is 27. The minimum atomic E-state index is -0.777. The molecule has 6 nitrogen and oxygen atoms in total. The summed E-state index contributed by atoms with van der Waals surface area (Å²) in [6, 6.07) is 0. The van der Waals surface area contributed by atoms with Gasteiger partial charge in [-0.2, -0.15) is 0 Å². The van der Waals surface area contributed by atoms with E-state index >= 15 is 0 Å². The summed E-state index contributed by atoms with van der Waals surface area (Å²) < 4.78 is 16.7. The highest BCUT2D eigenvalue weighted by molar-refractivity contribution is 5.71. The van der Waals surface area contributed by atoms with Crippen LogP contribution in [0.3, 0.4) is 0 Å². The van der Waals surface area contributed by atoms with E-state index in [-0.39, 0.29) is 31.1 Å².